The molecule has 1 amide bonds. The molecular formula is C26H30ClN5O2. The predicted molar refractivity (Wildman–Crippen MR) is 133 cm³/mol. The molecule has 1 aliphatic heterocycles. The third-order valence-corrected chi connectivity index (χ3v) is 6.80. The molecule has 1 aromatic carbocycles. The summed E-state index contributed by atoms with van der Waals surface area (Å²) in [6.45, 7) is 4.88. The Bertz CT molecular complexity index is 1140. The van der Waals surface area contributed by atoms with Crippen molar-refractivity contribution in [3.05, 3.63) is 70.1 Å². The number of nitrogens with one attached hydrogen (secondary N) is 1. The molecule has 1 unspecified atom stereocenters. The number of pyridine rings is 1. The zero-order chi connectivity index (χ0) is 23.5. The Labute approximate surface area is 205 Å². The van der Waals surface area contributed by atoms with Crippen LogP contribution in [-0.2, 0) is 24.1 Å². The number of amides is 1. The van der Waals surface area contributed by atoms with Crippen LogP contribution in [-0.4, -0.2) is 46.5 Å². The van der Waals surface area contributed by atoms with E-state index in [1.54, 1.807) is 0 Å². The maximum atomic E-state index is 13.2. The Hall–Kier alpha value is -2.90. The number of morpholine rings is 1. The highest BCUT2D eigenvalue weighted by atomic mass is 35.5. The van der Waals surface area contributed by atoms with Crippen LogP contribution >= 0.6 is 11.6 Å². The Kier molecular flexibility index (Phi) is 6.83. The first-order chi connectivity index (χ1) is 16.6. The van der Waals surface area contributed by atoms with E-state index in [-0.39, 0.29) is 12.0 Å². The first-order valence-electron chi connectivity index (χ1n) is 12.0. The lowest BCUT2D eigenvalue weighted by molar-refractivity contribution is 0.0529. The quantitative estimate of drug-likeness (QED) is 0.551. The van der Waals surface area contributed by atoms with E-state index in [2.05, 4.69) is 22.1 Å². The van der Waals surface area contributed by atoms with E-state index in [0.717, 1.165) is 73.5 Å². The number of aromatic nitrogens is 3. The van der Waals surface area contributed by atoms with Gasteiger partial charge in [0, 0.05) is 42.1 Å². The number of hydrogen-bond donors (Lipinski definition) is 1. The third-order valence-electron chi connectivity index (χ3n) is 6.54. The molecule has 2 aromatic heterocycles. The number of nitrogens with zero attached hydrogens (tertiary/aromatic N) is 4. The highest BCUT2D eigenvalue weighted by Crippen LogP contribution is 2.27. The molecule has 3 aromatic rings. The van der Waals surface area contributed by atoms with E-state index in [1.165, 1.54) is 0 Å². The van der Waals surface area contributed by atoms with Gasteiger partial charge in [-0.05, 0) is 68.5 Å². The Morgan fingerprint density at radius 3 is 2.74 bits per heavy atom. The van der Waals surface area contributed by atoms with Crippen molar-refractivity contribution in [3.63, 3.8) is 0 Å². The third kappa shape index (κ3) is 4.95. The molecule has 1 N–H and O–H groups in total. The van der Waals surface area contributed by atoms with Gasteiger partial charge in [0.1, 0.15) is 5.82 Å². The van der Waals surface area contributed by atoms with Gasteiger partial charge in [0.05, 0.1) is 18.4 Å². The van der Waals surface area contributed by atoms with E-state index in [1.807, 2.05) is 47.3 Å². The molecule has 0 radical (unpaired) electrons. The second-order valence-electron chi connectivity index (χ2n) is 9.06. The SMILES string of the molecule is CC1CN(c2ccc(CNC(=O)c3nn(-c4ccc(Cl)cc4)c4c3CCCCC4)cn2)CCO1. The number of halogens is 1. The first kappa shape index (κ1) is 22.9. The maximum absolute atomic E-state index is 13.2. The van der Waals surface area contributed by atoms with Gasteiger partial charge < -0.3 is 15.0 Å². The minimum absolute atomic E-state index is 0.142. The maximum Gasteiger partial charge on any atom is 0.272 e. The molecule has 0 spiro atoms. The Morgan fingerprint density at radius 2 is 1.97 bits per heavy atom. The van der Waals surface area contributed by atoms with Gasteiger partial charge in [-0.15, -0.1) is 0 Å². The summed E-state index contributed by atoms with van der Waals surface area (Å²) < 4.78 is 7.53. The second-order valence-corrected chi connectivity index (χ2v) is 9.49. The number of fused-ring (bicyclic) bond motifs is 1. The minimum atomic E-state index is -0.142. The van der Waals surface area contributed by atoms with Crippen LogP contribution < -0.4 is 10.2 Å². The van der Waals surface area contributed by atoms with Crippen molar-refractivity contribution in [2.45, 2.75) is 51.7 Å². The summed E-state index contributed by atoms with van der Waals surface area (Å²) in [5, 5.41) is 8.49. The van der Waals surface area contributed by atoms with Gasteiger partial charge in [0.2, 0.25) is 0 Å². The summed E-state index contributed by atoms with van der Waals surface area (Å²) in [5.74, 6) is 0.800. The van der Waals surface area contributed by atoms with Crippen molar-refractivity contribution >= 4 is 23.3 Å². The topological polar surface area (TPSA) is 72.3 Å². The molecule has 34 heavy (non-hydrogen) atoms. The lowest BCUT2D eigenvalue weighted by Gasteiger charge is -2.32. The normalized spacial score (nSPS) is 18.3. The van der Waals surface area contributed by atoms with Crippen LogP contribution in [0.15, 0.2) is 42.6 Å². The average molecular weight is 480 g/mol. The van der Waals surface area contributed by atoms with Gasteiger partial charge in [-0.25, -0.2) is 9.67 Å². The van der Waals surface area contributed by atoms with Crippen LogP contribution in [0.2, 0.25) is 5.02 Å². The molecular weight excluding hydrogens is 450 g/mol. The predicted octanol–water partition coefficient (Wildman–Crippen LogP) is 4.34. The number of rotatable bonds is 5. The van der Waals surface area contributed by atoms with Gasteiger partial charge >= 0.3 is 0 Å². The fourth-order valence-electron chi connectivity index (χ4n) is 4.75. The largest absolute Gasteiger partial charge is 0.375 e. The van der Waals surface area contributed by atoms with Crippen LogP contribution in [0.5, 0.6) is 0 Å². The van der Waals surface area contributed by atoms with Crippen LogP contribution in [0.1, 0.15) is 53.5 Å². The fraction of sp³-hybridized carbons (Fsp3) is 0.423. The number of carbonyl (C=O) groups is 1. The van der Waals surface area contributed by atoms with Crippen molar-refractivity contribution in [1.29, 1.82) is 0 Å². The summed E-state index contributed by atoms with van der Waals surface area (Å²) in [5.41, 5.74) is 4.62. The van der Waals surface area contributed by atoms with Crippen LogP contribution in [0.4, 0.5) is 5.82 Å². The smallest absolute Gasteiger partial charge is 0.272 e. The number of anilines is 1. The van der Waals surface area contributed by atoms with Crippen molar-refractivity contribution in [3.8, 4) is 5.69 Å². The summed E-state index contributed by atoms with van der Waals surface area (Å²) >= 11 is 6.08. The molecule has 0 bridgehead atoms. The molecule has 2 aliphatic rings. The van der Waals surface area contributed by atoms with E-state index in [9.17, 15) is 4.79 Å². The molecule has 7 nitrogen and oxygen atoms in total. The molecule has 178 valence electrons. The van der Waals surface area contributed by atoms with Crippen molar-refractivity contribution in [2.24, 2.45) is 0 Å². The number of ether oxygens (including phenoxy) is 1. The highest BCUT2D eigenvalue weighted by molar-refractivity contribution is 6.30. The van der Waals surface area contributed by atoms with Crippen molar-refractivity contribution < 1.29 is 9.53 Å². The van der Waals surface area contributed by atoms with Crippen molar-refractivity contribution in [2.75, 3.05) is 24.6 Å². The summed E-state index contributed by atoms with van der Waals surface area (Å²) in [7, 11) is 0. The summed E-state index contributed by atoms with van der Waals surface area (Å²) in [4.78, 5) is 20.0. The van der Waals surface area contributed by atoms with Crippen LogP contribution in [0.25, 0.3) is 5.69 Å². The molecule has 0 saturated carbocycles. The molecule has 5 rings (SSSR count). The monoisotopic (exact) mass is 479 g/mol. The highest BCUT2D eigenvalue weighted by Gasteiger charge is 2.25. The van der Waals surface area contributed by atoms with Gasteiger partial charge in [-0.2, -0.15) is 5.10 Å². The van der Waals surface area contributed by atoms with E-state index >= 15 is 0 Å². The van der Waals surface area contributed by atoms with Gasteiger partial charge in [0.25, 0.3) is 5.91 Å². The zero-order valence-electron chi connectivity index (χ0n) is 19.5. The number of benzene rings is 1. The molecule has 1 fully saturated rings. The van der Waals surface area contributed by atoms with Gasteiger partial charge in [-0.1, -0.05) is 24.1 Å². The second kappa shape index (κ2) is 10.2. The summed E-state index contributed by atoms with van der Waals surface area (Å²) in [6.07, 6.45) is 7.18. The van der Waals surface area contributed by atoms with Gasteiger partial charge in [-0.3, -0.25) is 4.79 Å². The zero-order valence-corrected chi connectivity index (χ0v) is 20.2. The van der Waals surface area contributed by atoms with Crippen molar-refractivity contribution in [1.82, 2.24) is 20.1 Å². The van der Waals surface area contributed by atoms with Crippen LogP contribution in [0.3, 0.4) is 0 Å². The molecule has 1 aliphatic carbocycles. The molecule has 3 heterocycles. The van der Waals surface area contributed by atoms with E-state index in [0.29, 0.717) is 23.9 Å². The average Bonchev–Trinajstić information content (AvgIpc) is 3.04. The van der Waals surface area contributed by atoms with E-state index in [4.69, 9.17) is 21.4 Å². The Balaban J connectivity index is 1.31. The lowest BCUT2D eigenvalue weighted by atomic mass is 10.1. The minimum Gasteiger partial charge on any atom is -0.375 e. The number of carbonyl (C=O) groups excluding carboxylic acids is 1. The standard InChI is InChI=1S/C26H30ClN5O2/c1-18-17-31(13-14-34-18)24-12-7-19(15-28-24)16-29-26(33)25-22-5-3-2-4-6-23(22)32(30-25)21-10-8-20(27)9-11-21/h7-12,15,18H,2-6,13-14,16-17H2,1H3,(H,29,33). The molecule has 1 atom stereocenters. The number of hydrogen-bond acceptors (Lipinski definition) is 5. The summed E-state index contributed by atoms with van der Waals surface area (Å²) in [6, 6.07) is 11.6. The van der Waals surface area contributed by atoms with E-state index < -0.39 is 0 Å². The molecule has 8 heteroatoms. The molecule has 1 saturated heterocycles. The Morgan fingerprint density at radius 1 is 1.15 bits per heavy atom. The fourth-order valence-corrected chi connectivity index (χ4v) is 4.88. The van der Waals surface area contributed by atoms with Gasteiger partial charge in [0.15, 0.2) is 5.69 Å². The lowest BCUT2D eigenvalue weighted by Crippen LogP contribution is -2.41. The van der Waals surface area contributed by atoms with Crippen LogP contribution in [0, 0.1) is 0 Å². The first-order valence-corrected chi connectivity index (χ1v) is 12.4.